The Balaban J connectivity index is 1.30. The first kappa shape index (κ1) is 24.2. The highest BCUT2D eigenvalue weighted by atomic mass is 127. The lowest BCUT2D eigenvalue weighted by molar-refractivity contribution is 0.246. The van der Waals surface area contributed by atoms with Gasteiger partial charge in [0.2, 0.25) is 0 Å². The molecule has 9 heteroatoms. The van der Waals surface area contributed by atoms with E-state index in [9.17, 15) is 4.39 Å². The minimum Gasteiger partial charge on any atom is -0.367 e. The summed E-state index contributed by atoms with van der Waals surface area (Å²) in [5.74, 6) is 0.900. The van der Waals surface area contributed by atoms with Crippen LogP contribution in [0.25, 0.3) is 22.4 Å². The van der Waals surface area contributed by atoms with Crippen molar-refractivity contribution in [1.29, 1.82) is 0 Å². The molecule has 0 radical (unpaired) electrons. The van der Waals surface area contributed by atoms with E-state index in [4.69, 9.17) is 4.98 Å². The number of rotatable bonds is 6. The van der Waals surface area contributed by atoms with Crippen LogP contribution in [0.15, 0.2) is 42.5 Å². The van der Waals surface area contributed by atoms with Gasteiger partial charge in [-0.05, 0) is 45.7 Å². The van der Waals surface area contributed by atoms with Gasteiger partial charge in [0.05, 0.1) is 17.7 Å². The van der Waals surface area contributed by atoms with E-state index in [2.05, 4.69) is 111 Å². The van der Waals surface area contributed by atoms with E-state index in [-0.39, 0.29) is 12.0 Å². The van der Waals surface area contributed by atoms with Crippen LogP contribution in [-0.2, 0) is 18.5 Å². The van der Waals surface area contributed by atoms with Crippen LogP contribution in [0.2, 0.25) is 0 Å². The molecule has 35 heavy (non-hydrogen) atoms. The molecule has 5 rings (SSSR count). The molecule has 0 amide bonds. The summed E-state index contributed by atoms with van der Waals surface area (Å²) in [6, 6.07) is 15.1. The predicted molar refractivity (Wildman–Crippen MR) is 146 cm³/mol. The summed E-state index contributed by atoms with van der Waals surface area (Å²) in [5.41, 5.74) is 6.70. The van der Waals surface area contributed by atoms with E-state index in [1.54, 1.807) is 4.68 Å². The number of benzene rings is 2. The quantitative estimate of drug-likeness (QED) is 0.322. The minimum absolute atomic E-state index is 0.130. The van der Waals surface area contributed by atoms with Gasteiger partial charge >= 0.3 is 0 Å². The molecule has 0 atom stereocenters. The summed E-state index contributed by atoms with van der Waals surface area (Å²) in [7, 11) is 0. The monoisotopic (exact) mass is 587 g/mol. The minimum atomic E-state index is -0.430. The van der Waals surface area contributed by atoms with E-state index in [0.29, 0.717) is 0 Å². The van der Waals surface area contributed by atoms with E-state index in [1.165, 1.54) is 11.3 Å². The van der Waals surface area contributed by atoms with E-state index in [1.807, 2.05) is 0 Å². The number of aromatic nitrogens is 5. The number of H-pyrrole nitrogens is 1. The molecule has 2 aromatic carbocycles. The summed E-state index contributed by atoms with van der Waals surface area (Å²) >= 11 is 2.21. The van der Waals surface area contributed by atoms with Gasteiger partial charge in [0.15, 0.2) is 0 Å². The van der Waals surface area contributed by atoms with E-state index in [0.717, 1.165) is 64.5 Å². The standard InChI is InChI=1S/C26H31FIN7/c1-26(2,3)19-9-7-18(8-10-19)25-29-20-5-4-6-22(23(20)30-25)34-15-13-33(14-16-34)17-21-24(28)35(12-11-27)32-31-21/h4-10H,11-17H2,1-3H3,(H,29,30). The van der Waals surface area contributed by atoms with Crippen molar-refractivity contribution in [2.24, 2.45) is 0 Å². The van der Waals surface area contributed by atoms with Gasteiger partial charge in [0.25, 0.3) is 0 Å². The smallest absolute Gasteiger partial charge is 0.138 e. The number of aromatic amines is 1. The first-order valence-electron chi connectivity index (χ1n) is 12.0. The lowest BCUT2D eigenvalue weighted by atomic mass is 9.87. The molecule has 0 saturated carbocycles. The Morgan fingerprint density at radius 2 is 1.77 bits per heavy atom. The number of fused-ring (bicyclic) bond motifs is 1. The first-order valence-corrected chi connectivity index (χ1v) is 13.1. The summed E-state index contributed by atoms with van der Waals surface area (Å²) < 4.78 is 15.2. The van der Waals surface area contributed by atoms with Gasteiger partial charge in [-0.1, -0.05) is 56.3 Å². The molecule has 3 heterocycles. The lowest BCUT2D eigenvalue weighted by Crippen LogP contribution is -2.46. The molecule has 1 N–H and O–H groups in total. The fraction of sp³-hybridized carbons (Fsp3) is 0.423. The molecule has 0 spiro atoms. The average molecular weight is 587 g/mol. The number of aryl methyl sites for hydroxylation is 1. The number of nitrogens with one attached hydrogen (secondary N) is 1. The highest BCUT2D eigenvalue weighted by Crippen LogP contribution is 2.30. The number of halogens is 2. The van der Waals surface area contributed by atoms with Crippen molar-refractivity contribution in [1.82, 2.24) is 29.9 Å². The van der Waals surface area contributed by atoms with E-state index < -0.39 is 6.67 Å². The molecule has 1 aliphatic rings. The van der Waals surface area contributed by atoms with Gasteiger partial charge in [0.1, 0.15) is 27.4 Å². The molecule has 1 aliphatic heterocycles. The van der Waals surface area contributed by atoms with Crippen molar-refractivity contribution in [2.45, 2.75) is 39.3 Å². The summed E-state index contributed by atoms with van der Waals surface area (Å²) in [6.07, 6.45) is 0. The maximum atomic E-state index is 12.7. The van der Waals surface area contributed by atoms with Crippen LogP contribution in [0.1, 0.15) is 32.0 Å². The average Bonchev–Trinajstić information content (AvgIpc) is 3.44. The second-order valence-electron chi connectivity index (χ2n) is 10.1. The fourth-order valence-electron chi connectivity index (χ4n) is 4.55. The van der Waals surface area contributed by atoms with Gasteiger partial charge in [-0.2, -0.15) is 0 Å². The lowest BCUT2D eigenvalue weighted by Gasteiger charge is -2.35. The Morgan fingerprint density at radius 1 is 1.03 bits per heavy atom. The summed E-state index contributed by atoms with van der Waals surface area (Å²) in [6.45, 7) is 10.9. The molecule has 4 aromatic rings. The van der Waals surface area contributed by atoms with Gasteiger partial charge in [-0.15, -0.1) is 5.10 Å². The number of hydrogen-bond donors (Lipinski definition) is 1. The van der Waals surface area contributed by atoms with Gasteiger partial charge in [-0.25, -0.2) is 14.1 Å². The zero-order valence-electron chi connectivity index (χ0n) is 20.4. The maximum Gasteiger partial charge on any atom is 0.138 e. The van der Waals surface area contributed by atoms with Crippen molar-refractivity contribution < 1.29 is 4.39 Å². The molecular weight excluding hydrogens is 556 g/mol. The number of nitrogens with zero attached hydrogens (tertiary/aromatic N) is 6. The van der Waals surface area contributed by atoms with Gasteiger partial charge < -0.3 is 9.88 Å². The number of alkyl halides is 1. The molecule has 2 aromatic heterocycles. The molecule has 7 nitrogen and oxygen atoms in total. The number of piperazine rings is 1. The third-order valence-electron chi connectivity index (χ3n) is 6.64. The largest absolute Gasteiger partial charge is 0.367 e. The van der Waals surface area contributed by atoms with Crippen LogP contribution < -0.4 is 4.90 Å². The second-order valence-corrected chi connectivity index (χ2v) is 11.1. The van der Waals surface area contributed by atoms with Crippen molar-refractivity contribution in [3.63, 3.8) is 0 Å². The molecular formula is C26H31FIN7. The highest BCUT2D eigenvalue weighted by Gasteiger charge is 2.22. The second kappa shape index (κ2) is 9.85. The summed E-state index contributed by atoms with van der Waals surface area (Å²) in [5, 5.41) is 8.35. The van der Waals surface area contributed by atoms with Crippen LogP contribution in [0.4, 0.5) is 10.1 Å². The van der Waals surface area contributed by atoms with Crippen LogP contribution in [0.3, 0.4) is 0 Å². The van der Waals surface area contributed by atoms with Gasteiger partial charge in [-0.3, -0.25) is 4.90 Å². The Bertz CT molecular complexity index is 1300. The van der Waals surface area contributed by atoms with Gasteiger partial charge in [0, 0.05) is 38.3 Å². The van der Waals surface area contributed by atoms with Crippen LogP contribution in [0, 0.1) is 3.70 Å². The fourth-order valence-corrected chi connectivity index (χ4v) is 5.17. The van der Waals surface area contributed by atoms with E-state index >= 15 is 0 Å². The topological polar surface area (TPSA) is 65.9 Å². The molecule has 0 unspecified atom stereocenters. The Morgan fingerprint density at radius 3 is 2.46 bits per heavy atom. The van der Waals surface area contributed by atoms with Crippen LogP contribution in [0.5, 0.6) is 0 Å². The molecule has 0 aliphatic carbocycles. The predicted octanol–water partition coefficient (Wildman–Crippen LogP) is 5.02. The summed E-state index contributed by atoms with van der Waals surface area (Å²) in [4.78, 5) is 13.3. The first-order chi connectivity index (χ1) is 16.8. The van der Waals surface area contributed by atoms with Crippen LogP contribution >= 0.6 is 22.6 Å². The molecule has 1 fully saturated rings. The Hall–Kier alpha value is -2.53. The van der Waals surface area contributed by atoms with Crippen molar-refractivity contribution >= 4 is 39.3 Å². The number of imidazole rings is 1. The SMILES string of the molecule is CC(C)(C)c1ccc(-c2nc3c(N4CCN(Cc5nnn(CCF)c5I)CC4)cccc3[nH]2)cc1. The Labute approximate surface area is 218 Å². The van der Waals surface area contributed by atoms with Crippen molar-refractivity contribution in [3.05, 3.63) is 57.4 Å². The number of anilines is 1. The van der Waals surface area contributed by atoms with Crippen molar-refractivity contribution in [3.8, 4) is 11.4 Å². The zero-order valence-corrected chi connectivity index (χ0v) is 22.6. The van der Waals surface area contributed by atoms with Crippen LogP contribution in [-0.4, -0.2) is 62.7 Å². The third-order valence-corrected chi connectivity index (χ3v) is 7.82. The third kappa shape index (κ3) is 5.06. The highest BCUT2D eigenvalue weighted by molar-refractivity contribution is 14.1. The number of hydrogen-bond acceptors (Lipinski definition) is 5. The number of para-hydroxylation sites is 1. The normalized spacial score (nSPS) is 15.3. The molecule has 1 saturated heterocycles. The van der Waals surface area contributed by atoms with Crippen molar-refractivity contribution in [2.75, 3.05) is 37.8 Å². The Kier molecular flexibility index (Phi) is 6.80. The molecule has 0 bridgehead atoms. The zero-order chi connectivity index (χ0) is 24.6. The molecule has 184 valence electrons. The maximum absolute atomic E-state index is 12.7.